The summed E-state index contributed by atoms with van der Waals surface area (Å²) in [5.74, 6) is 0.773. The van der Waals surface area contributed by atoms with E-state index < -0.39 is 0 Å². The van der Waals surface area contributed by atoms with Crippen molar-refractivity contribution in [1.29, 1.82) is 0 Å². The molecule has 1 heterocycles. The minimum Gasteiger partial charge on any atom is -0.295 e. The van der Waals surface area contributed by atoms with E-state index in [2.05, 4.69) is 34.8 Å². The van der Waals surface area contributed by atoms with Crippen LogP contribution in [0, 0.1) is 15.9 Å². The lowest BCUT2D eigenvalue weighted by molar-refractivity contribution is 0.341. The second-order valence-corrected chi connectivity index (χ2v) is 6.07. The second kappa shape index (κ2) is 4.95. The number of hydrogen-bond acceptors (Lipinski definition) is 2. The third kappa shape index (κ3) is 3.27. The summed E-state index contributed by atoms with van der Waals surface area (Å²) in [6.45, 7) is 6.79. The van der Waals surface area contributed by atoms with Crippen molar-refractivity contribution in [2.75, 3.05) is 5.33 Å². The number of aryl methyl sites for hydroxylation is 1. The lowest BCUT2D eigenvalue weighted by Gasteiger charge is -2.23. The van der Waals surface area contributed by atoms with Crippen LogP contribution in [0.1, 0.15) is 19.7 Å². The van der Waals surface area contributed by atoms with Gasteiger partial charge in [-0.3, -0.25) is 9.36 Å². The van der Waals surface area contributed by atoms with Crippen molar-refractivity contribution in [3.8, 4) is 0 Å². The SMILES string of the molecule is Cc1ncc(I)c(=O)n1CC(C)(C)CBr. The van der Waals surface area contributed by atoms with Crippen molar-refractivity contribution in [1.82, 2.24) is 9.55 Å². The van der Waals surface area contributed by atoms with E-state index in [-0.39, 0.29) is 11.0 Å². The zero-order valence-electron chi connectivity index (χ0n) is 9.05. The van der Waals surface area contributed by atoms with Crippen LogP contribution in [0.5, 0.6) is 0 Å². The lowest BCUT2D eigenvalue weighted by atomic mass is 9.96. The van der Waals surface area contributed by atoms with E-state index in [4.69, 9.17) is 0 Å². The van der Waals surface area contributed by atoms with Gasteiger partial charge < -0.3 is 0 Å². The summed E-state index contributed by atoms with van der Waals surface area (Å²) in [5, 5.41) is 0.858. The van der Waals surface area contributed by atoms with E-state index in [0.717, 1.165) is 11.2 Å². The fourth-order valence-corrected chi connectivity index (χ4v) is 1.82. The fourth-order valence-electron chi connectivity index (χ4n) is 1.21. The van der Waals surface area contributed by atoms with Gasteiger partial charge in [-0.1, -0.05) is 29.8 Å². The zero-order chi connectivity index (χ0) is 11.6. The first-order chi connectivity index (χ1) is 6.87. The molecule has 0 aliphatic heterocycles. The summed E-state index contributed by atoms with van der Waals surface area (Å²) in [6.07, 6.45) is 1.62. The maximum atomic E-state index is 11.9. The molecular formula is C10H14BrIN2O. The first-order valence-electron chi connectivity index (χ1n) is 4.65. The van der Waals surface area contributed by atoms with Crippen LogP contribution in [0.4, 0.5) is 0 Å². The molecule has 5 heteroatoms. The average molecular weight is 385 g/mol. The smallest absolute Gasteiger partial charge is 0.266 e. The molecule has 1 rings (SSSR count). The molecule has 0 spiro atoms. The molecule has 0 saturated carbocycles. The molecule has 0 saturated heterocycles. The Morgan fingerprint density at radius 2 is 2.20 bits per heavy atom. The van der Waals surface area contributed by atoms with Crippen molar-refractivity contribution >= 4 is 38.5 Å². The quantitative estimate of drug-likeness (QED) is 0.593. The maximum Gasteiger partial charge on any atom is 0.266 e. The molecule has 0 atom stereocenters. The molecule has 1 aromatic heterocycles. The van der Waals surface area contributed by atoms with Gasteiger partial charge in [-0.05, 0) is 34.9 Å². The Morgan fingerprint density at radius 3 is 2.73 bits per heavy atom. The highest BCUT2D eigenvalue weighted by molar-refractivity contribution is 14.1. The van der Waals surface area contributed by atoms with Crippen LogP contribution in [-0.4, -0.2) is 14.9 Å². The zero-order valence-corrected chi connectivity index (χ0v) is 12.8. The van der Waals surface area contributed by atoms with Crippen LogP contribution in [0.2, 0.25) is 0 Å². The molecule has 0 amide bonds. The fraction of sp³-hybridized carbons (Fsp3) is 0.600. The van der Waals surface area contributed by atoms with Gasteiger partial charge >= 0.3 is 0 Å². The van der Waals surface area contributed by atoms with Crippen LogP contribution in [-0.2, 0) is 6.54 Å². The van der Waals surface area contributed by atoms with Gasteiger partial charge in [-0.15, -0.1) is 0 Å². The van der Waals surface area contributed by atoms with Gasteiger partial charge in [-0.25, -0.2) is 4.98 Å². The summed E-state index contributed by atoms with van der Waals surface area (Å²) in [6, 6.07) is 0. The van der Waals surface area contributed by atoms with Gasteiger partial charge in [0.25, 0.3) is 5.56 Å². The van der Waals surface area contributed by atoms with Gasteiger partial charge in [0.2, 0.25) is 0 Å². The molecule has 0 aliphatic rings. The molecule has 84 valence electrons. The van der Waals surface area contributed by atoms with Gasteiger partial charge in [0.1, 0.15) is 5.82 Å². The highest BCUT2D eigenvalue weighted by Crippen LogP contribution is 2.20. The van der Waals surface area contributed by atoms with Gasteiger partial charge in [0.15, 0.2) is 0 Å². The number of halogens is 2. The Labute approximate surface area is 112 Å². The van der Waals surface area contributed by atoms with E-state index in [1.807, 2.05) is 29.5 Å². The average Bonchev–Trinajstić information content (AvgIpc) is 2.19. The van der Waals surface area contributed by atoms with Crippen LogP contribution >= 0.6 is 38.5 Å². The van der Waals surface area contributed by atoms with Gasteiger partial charge in [-0.2, -0.15) is 0 Å². The number of alkyl halides is 1. The number of hydrogen-bond donors (Lipinski definition) is 0. The molecule has 0 aromatic carbocycles. The number of aromatic nitrogens is 2. The Hall–Kier alpha value is 0.0900. The van der Waals surface area contributed by atoms with E-state index >= 15 is 0 Å². The molecule has 0 radical (unpaired) electrons. The lowest BCUT2D eigenvalue weighted by Crippen LogP contribution is -2.32. The summed E-state index contributed by atoms with van der Waals surface area (Å²) in [4.78, 5) is 16.1. The van der Waals surface area contributed by atoms with E-state index in [9.17, 15) is 4.79 Å². The molecule has 0 bridgehead atoms. The maximum absolute atomic E-state index is 11.9. The van der Waals surface area contributed by atoms with Crippen molar-refractivity contribution in [3.05, 3.63) is 25.9 Å². The highest BCUT2D eigenvalue weighted by Gasteiger charge is 2.19. The highest BCUT2D eigenvalue weighted by atomic mass is 127. The second-order valence-electron chi connectivity index (χ2n) is 4.34. The van der Waals surface area contributed by atoms with Crippen LogP contribution in [0.25, 0.3) is 0 Å². The molecule has 15 heavy (non-hydrogen) atoms. The van der Waals surface area contributed by atoms with E-state index in [1.54, 1.807) is 10.8 Å². The topological polar surface area (TPSA) is 34.9 Å². The number of rotatable bonds is 3. The normalized spacial score (nSPS) is 11.8. The molecular weight excluding hydrogens is 371 g/mol. The third-order valence-electron chi connectivity index (χ3n) is 2.15. The first-order valence-corrected chi connectivity index (χ1v) is 6.85. The van der Waals surface area contributed by atoms with Crippen molar-refractivity contribution in [2.24, 2.45) is 5.41 Å². The Balaban J connectivity index is 3.15. The molecule has 0 fully saturated rings. The van der Waals surface area contributed by atoms with Crippen LogP contribution < -0.4 is 5.56 Å². The van der Waals surface area contributed by atoms with Gasteiger partial charge in [0.05, 0.1) is 3.57 Å². The minimum atomic E-state index is 0.0529. The Kier molecular flexibility index (Phi) is 4.34. The minimum absolute atomic E-state index is 0.0529. The predicted octanol–water partition coefficient (Wildman–Crippen LogP) is 2.58. The summed E-state index contributed by atoms with van der Waals surface area (Å²) in [5.41, 5.74) is 0.109. The monoisotopic (exact) mass is 384 g/mol. The number of nitrogens with zero attached hydrogens (tertiary/aromatic N) is 2. The Morgan fingerprint density at radius 1 is 1.60 bits per heavy atom. The molecule has 1 aromatic rings. The molecule has 3 nitrogen and oxygen atoms in total. The van der Waals surface area contributed by atoms with Crippen molar-refractivity contribution in [3.63, 3.8) is 0 Å². The van der Waals surface area contributed by atoms with Crippen LogP contribution in [0.15, 0.2) is 11.0 Å². The van der Waals surface area contributed by atoms with Crippen molar-refractivity contribution < 1.29 is 0 Å². The third-order valence-corrected chi connectivity index (χ3v) is 4.41. The summed E-state index contributed by atoms with van der Waals surface area (Å²) >= 11 is 5.48. The molecule has 0 aliphatic carbocycles. The summed E-state index contributed by atoms with van der Waals surface area (Å²) < 4.78 is 2.41. The molecule has 0 N–H and O–H groups in total. The summed E-state index contributed by atoms with van der Waals surface area (Å²) in [7, 11) is 0. The van der Waals surface area contributed by atoms with E-state index in [1.165, 1.54) is 0 Å². The van der Waals surface area contributed by atoms with Crippen molar-refractivity contribution in [2.45, 2.75) is 27.3 Å². The predicted molar refractivity (Wildman–Crippen MR) is 73.5 cm³/mol. The van der Waals surface area contributed by atoms with E-state index in [0.29, 0.717) is 10.1 Å². The molecule has 0 unspecified atom stereocenters. The first kappa shape index (κ1) is 13.2. The van der Waals surface area contributed by atoms with Gasteiger partial charge in [0, 0.05) is 18.1 Å². The standard InChI is InChI=1S/C10H14BrIN2O/c1-7-13-4-8(12)9(15)14(7)6-10(2,3)5-11/h4H,5-6H2,1-3H3. The Bertz CT molecular complexity index is 414. The largest absolute Gasteiger partial charge is 0.295 e. The van der Waals surface area contributed by atoms with Crippen LogP contribution in [0.3, 0.4) is 0 Å².